The van der Waals surface area contributed by atoms with Gasteiger partial charge in [-0.1, -0.05) is 6.92 Å². The zero-order valence-electron chi connectivity index (χ0n) is 9.10. The molecule has 1 unspecified atom stereocenters. The molecule has 1 amide bonds. The van der Waals surface area contributed by atoms with Crippen LogP contribution in [0, 0.1) is 6.92 Å². The quantitative estimate of drug-likeness (QED) is 0.769. The minimum absolute atomic E-state index is 0.173. The van der Waals surface area contributed by atoms with E-state index >= 15 is 0 Å². The molecule has 1 atom stereocenters. The number of hydrogen-bond donors (Lipinski definition) is 2. The van der Waals surface area contributed by atoms with Crippen molar-refractivity contribution in [3.8, 4) is 0 Å². The third-order valence-corrected chi connectivity index (χ3v) is 2.02. The minimum Gasteiger partial charge on any atom is -0.480 e. The van der Waals surface area contributed by atoms with Crippen molar-refractivity contribution in [2.45, 2.75) is 26.3 Å². The van der Waals surface area contributed by atoms with Crippen molar-refractivity contribution in [3.05, 3.63) is 23.8 Å². The highest BCUT2D eigenvalue weighted by atomic mass is 16.4. The molecule has 0 aliphatic heterocycles. The maximum absolute atomic E-state index is 11.6. The SMILES string of the molecule is CCC(NC(=O)c1ccnc(C)n1)C(=O)O. The zero-order chi connectivity index (χ0) is 12.1. The fourth-order valence-electron chi connectivity index (χ4n) is 1.15. The Morgan fingerprint density at radius 3 is 2.75 bits per heavy atom. The predicted octanol–water partition coefficient (Wildman–Crippen LogP) is 0.378. The number of nitrogens with zero attached hydrogens (tertiary/aromatic N) is 2. The molecular weight excluding hydrogens is 210 g/mol. The molecule has 86 valence electrons. The van der Waals surface area contributed by atoms with Gasteiger partial charge in [0.25, 0.3) is 5.91 Å². The molecular formula is C10H13N3O3. The Bertz CT molecular complexity index is 406. The lowest BCUT2D eigenvalue weighted by atomic mass is 10.2. The second kappa shape index (κ2) is 5.20. The Balaban J connectivity index is 2.75. The van der Waals surface area contributed by atoms with E-state index in [0.29, 0.717) is 12.2 Å². The van der Waals surface area contributed by atoms with Crippen molar-refractivity contribution >= 4 is 11.9 Å². The van der Waals surface area contributed by atoms with Crippen molar-refractivity contribution in [2.24, 2.45) is 0 Å². The van der Waals surface area contributed by atoms with Crippen molar-refractivity contribution in [1.29, 1.82) is 0 Å². The topological polar surface area (TPSA) is 92.2 Å². The van der Waals surface area contributed by atoms with Gasteiger partial charge in [0.15, 0.2) is 0 Å². The van der Waals surface area contributed by atoms with Crippen LogP contribution in [0.1, 0.15) is 29.7 Å². The molecule has 0 aromatic carbocycles. The highest BCUT2D eigenvalue weighted by molar-refractivity contribution is 5.94. The lowest BCUT2D eigenvalue weighted by Crippen LogP contribution is -2.40. The standard InChI is InChI=1S/C10H13N3O3/c1-3-7(10(15)16)13-9(14)8-4-5-11-6(2)12-8/h4-5,7H,3H2,1-2H3,(H,13,14)(H,15,16). The van der Waals surface area contributed by atoms with Gasteiger partial charge in [-0.05, 0) is 19.4 Å². The van der Waals surface area contributed by atoms with E-state index in [1.165, 1.54) is 12.3 Å². The van der Waals surface area contributed by atoms with E-state index in [1.807, 2.05) is 0 Å². The second-order valence-electron chi connectivity index (χ2n) is 3.26. The molecule has 0 spiro atoms. The predicted molar refractivity (Wildman–Crippen MR) is 56.0 cm³/mol. The molecule has 0 radical (unpaired) electrons. The fraction of sp³-hybridized carbons (Fsp3) is 0.400. The van der Waals surface area contributed by atoms with E-state index in [2.05, 4.69) is 15.3 Å². The third kappa shape index (κ3) is 3.01. The van der Waals surface area contributed by atoms with E-state index in [9.17, 15) is 9.59 Å². The van der Waals surface area contributed by atoms with Crippen LogP contribution in [0.15, 0.2) is 12.3 Å². The van der Waals surface area contributed by atoms with Crippen molar-refractivity contribution < 1.29 is 14.7 Å². The van der Waals surface area contributed by atoms with Crippen LogP contribution in [0.4, 0.5) is 0 Å². The average molecular weight is 223 g/mol. The summed E-state index contributed by atoms with van der Waals surface area (Å²) in [6.07, 6.45) is 1.78. The smallest absolute Gasteiger partial charge is 0.326 e. The number of nitrogens with one attached hydrogen (secondary N) is 1. The summed E-state index contributed by atoms with van der Waals surface area (Å²) in [5.74, 6) is -1.09. The summed E-state index contributed by atoms with van der Waals surface area (Å²) in [6.45, 7) is 3.34. The summed E-state index contributed by atoms with van der Waals surface area (Å²) in [6, 6.07) is 0.555. The van der Waals surface area contributed by atoms with Crippen LogP contribution in [0.25, 0.3) is 0 Å². The molecule has 0 aliphatic carbocycles. The molecule has 2 N–H and O–H groups in total. The van der Waals surface area contributed by atoms with Gasteiger partial charge in [-0.2, -0.15) is 0 Å². The van der Waals surface area contributed by atoms with Gasteiger partial charge in [0, 0.05) is 6.20 Å². The fourth-order valence-corrected chi connectivity index (χ4v) is 1.15. The van der Waals surface area contributed by atoms with Gasteiger partial charge in [-0.3, -0.25) is 4.79 Å². The van der Waals surface area contributed by atoms with E-state index in [1.54, 1.807) is 13.8 Å². The van der Waals surface area contributed by atoms with Gasteiger partial charge >= 0.3 is 5.97 Å². The van der Waals surface area contributed by atoms with E-state index in [-0.39, 0.29) is 5.69 Å². The summed E-state index contributed by atoms with van der Waals surface area (Å²) in [7, 11) is 0. The Labute approximate surface area is 92.7 Å². The summed E-state index contributed by atoms with van der Waals surface area (Å²) >= 11 is 0. The maximum atomic E-state index is 11.6. The van der Waals surface area contributed by atoms with Crippen LogP contribution in [-0.2, 0) is 4.79 Å². The number of aliphatic carboxylic acids is 1. The third-order valence-electron chi connectivity index (χ3n) is 2.02. The van der Waals surface area contributed by atoms with Gasteiger partial charge in [-0.15, -0.1) is 0 Å². The van der Waals surface area contributed by atoms with Crippen LogP contribution in [0.2, 0.25) is 0 Å². The van der Waals surface area contributed by atoms with Crippen molar-refractivity contribution in [1.82, 2.24) is 15.3 Å². The maximum Gasteiger partial charge on any atom is 0.326 e. The number of carbonyl (C=O) groups is 2. The van der Waals surface area contributed by atoms with Crippen molar-refractivity contribution in [3.63, 3.8) is 0 Å². The number of carbonyl (C=O) groups excluding carboxylic acids is 1. The van der Waals surface area contributed by atoms with Gasteiger partial charge < -0.3 is 10.4 Å². The first-order chi connectivity index (χ1) is 7.54. The van der Waals surface area contributed by atoms with E-state index < -0.39 is 17.9 Å². The van der Waals surface area contributed by atoms with Crippen LogP contribution in [0.5, 0.6) is 0 Å². The minimum atomic E-state index is -1.05. The molecule has 0 fully saturated rings. The largest absolute Gasteiger partial charge is 0.480 e. The van der Waals surface area contributed by atoms with Gasteiger partial charge in [0.2, 0.25) is 0 Å². The molecule has 0 saturated carbocycles. The lowest BCUT2D eigenvalue weighted by molar-refractivity contribution is -0.139. The number of carboxylic acid groups (broad SMARTS) is 1. The van der Waals surface area contributed by atoms with E-state index in [0.717, 1.165) is 0 Å². The monoisotopic (exact) mass is 223 g/mol. The first-order valence-electron chi connectivity index (χ1n) is 4.88. The molecule has 0 aliphatic rings. The highest BCUT2D eigenvalue weighted by Gasteiger charge is 2.19. The number of aryl methyl sites for hydroxylation is 1. The molecule has 1 heterocycles. The Hall–Kier alpha value is -1.98. The average Bonchev–Trinajstić information content (AvgIpc) is 2.25. The molecule has 6 nitrogen and oxygen atoms in total. The Kier molecular flexibility index (Phi) is 3.93. The van der Waals surface area contributed by atoms with Gasteiger partial charge in [-0.25, -0.2) is 14.8 Å². The molecule has 1 aromatic heterocycles. The Morgan fingerprint density at radius 2 is 2.25 bits per heavy atom. The number of carboxylic acids is 1. The molecule has 1 rings (SSSR count). The van der Waals surface area contributed by atoms with E-state index in [4.69, 9.17) is 5.11 Å². The highest BCUT2D eigenvalue weighted by Crippen LogP contribution is 1.98. The lowest BCUT2D eigenvalue weighted by Gasteiger charge is -2.11. The van der Waals surface area contributed by atoms with Crippen LogP contribution in [-0.4, -0.2) is 33.0 Å². The van der Waals surface area contributed by atoms with Crippen LogP contribution < -0.4 is 5.32 Å². The summed E-state index contributed by atoms with van der Waals surface area (Å²) in [4.78, 5) is 30.1. The summed E-state index contributed by atoms with van der Waals surface area (Å²) < 4.78 is 0. The molecule has 6 heteroatoms. The molecule has 16 heavy (non-hydrogen) atoms. The normalized spacial score (nSPS) is 11.9. The van der Waals surface area contributed by atoms with Crippen LogP contribution in [0.3, 0.4) is 0 Å². The van der Waals surface area contributed by atoms with Gasteiger partial charge in [0.05, 0.1) is 0 Å². The molecule has 0 bridgehead atoms. The number of hydrogen-bond acceptors (Lipinski definition) is 4. The van der Waals surface area contributed by atoms with Gasteiger partial charge in [0.1, 0.15) is 17.6 Å². The summed E-state index contributed by atoms with van der Waals surface area (Å²) in [5, 5.41) is 11.2. The second-order valence-corrected chi connectivity index (χ2v) is 3.26. The Morgan fingerprint density at radius 1 is 1.56 bits per heavy atom. The summed E-state index contributed by atoms with van der Waals surface area (Å²) in [5.41, 5.74) is 0.173. The first kappa shape index (κ1) is 12.1. The van der Waals surface area contributed by atoms with Crippen molar-refractivity contribution in [2.75, 3.05) is 0 Å². The zero-order valence-corrected chi connectivity index (χ0v) is 9.10. The molecule has 0 saturated heterocycles. The number of aromatic nitrogens is 2. The van der Waals surface area contributed by atoms with Crippen LogP contribution >= 0.6 is 0 Å². The number of amides is 1. The first-order valence-corrected chi connectivity index (χ1v) is 4.88. The number of rotatable bonds is 4. The molecule has 1 aromatic rings.